The Morgan fingerprint density at radius 1 is 0.812 bits per heavy atom. The van der Waals surface area contributed by atoms with E-state index in [2.05, 4.69) is 5.32 Å². The zero-order chi connectivity index (χ0) is 35.1. The van der Waals surface area contributed by atoms with Gasteiger partial charge in [-0.05, 0) is 81.5 Å². The number of hydrogen-bond acceptors (Lipinski definition) is 8. The monoisotopic (exact) mass is 660 g/mol. The SMILES string of the molecule is CC(C)(C)OC(=O)CN(CCOc1ccc(CC(NC(=O)OCC2c3ccccc3-c3ccccc32)C(=O)O)cc1)C(=O)OC(C)(C)C. The lowest BCUT2D eigenvalue weighted by molar-refractivity contribution is -0.156. The second-order valence-electron chi connectivity index (χ2n) is 13.5. The third-order valence-corrected chi connectivity index (χ3v) is 7.32. The number of amides is 2. The zero-order valence-electron chi connectivity index (χ0n) is 28.3. The van der Waals surface area contributed by atoms with E-state index in [4.69, 9.17) is 18.9 Å². The molecule has 2 N–H and O–H groups in total. The minimum Gasteiger partial charge on any atom is -0.492 e. The van der Waals surface area contributed by atoms with Crippen LogP contribution < -0.4 is 10.1 Å². The van der Waals surface area contributed by atoms with Crippen molar-refractivity contribution in [1.29, 1.82) is 0 Å². The van der Waals surface area contributed by atoms with Crippen molar-refractivity contribution in [3.8, 4) is 16.9 Å². The molecule has 1 unspecified atom stereocenters. The van der Waals surface area contributed by atoms with Gasteiger partial charge in [-0.3, -0.25) is 9.69 Å². The summed E-state index contributed by atoms with van der Waals surface area (Å²) in [6, 6.07) is 21.4. The number of rotatable bonds is 12. The Bertz CT molecular complexity index is 1560. The van der Waals surface area contributed by atoms with Crippen LogP contribution >= 0.6 is 0 Å². The van der Waals surface area contributed by atoms with Gasteiger partial charge in [-0.2, -0.15) is 0 Å². The highest BCUT2D eigenvalue weighted by molar-refractivity contribution is 5.81. The largest absolute Gasteiger partial charge is 0.492 e. The van der Waals surface area contributed by atoms with Crippen molar-refractivity contribution in [1.82, 2.24) is 10.2 Å². The number of aliphatic carboxylic acids is 1. The molecule has 256 valence electrons. The van der Waals surface area contributed by atoms with Gasteiger partial charge < -0.3 is 29.4 Å². The molecule has 0 aromatic heterocycles. The number of carboxylic acid groups (broad SMARTS) is 1. The molecule has 3 aromatic rings. The Morgan fingerprint density at radius 3 is 1.92 bits per heavy atom. The average Bonchev–Trinajstić information content (AvgIpc) is 3.31. The number of carbonyl (C=O) groups excluding carboxylic acids is 3. The van der Waals surface area contributed by atoms with Crippen LogP contribution in [0.25, 0.3) is 11.1 Å². The Kier molecular flexibility index (Phi) is 11.4. The van der Waals surface area contributed by atoms with E-state index < -0.39 is 41.4 Å². The first kappa shape index (κ1) is 35.8. The van der Waals surface area contributed by atoms with Crippen LogP contribution in [0.2, 0.25) is 0 Å². The maximum atomic E-state index is 12.7. The fourth-order valence-corrected chi connectivity index (χ4v) is 5.30. The number of ether oxygens (including phenoxy) is 4. The number of nitrogens with zero attached hydrogens (tertiary/aromatic N) is 1. The number of hydrogen-bond donors (Lipinski definition) is 2. The molecule has 0 heterocycles. The van der Waals surface area contributed by atoms with Gasteiger partial charge in [-0.15, -0.1) is 0 Å². The van der Waals surface area contributed by atoms with Gasteiger partial charge in [-0.1, -0.05) is 60.7 Å². The van der Waals surface area contributed by atoms with E-state index in [1.54, 1.807) is 65.8 Å². The summed E-state index contributed by atoms with van der Waals surface area (Å²) >= 11 is 0. The summed E-state index contributed by atoms with van der Waals surface area (Å²) in [5, 5.41) is 12.3. The highest BCUT2D eigenvalue weighted by atomic mass is 16.6. The highest BCUT2D eigenvalue weighted by Gasteiger charge is 2.30. The van der Waals surface area contributed by atoms with Crippen LogP contribution in [0.3, 0.4) is 0 Å². The second-order valence-corrected chi connectivity index (χ2v) is 13.5. The molecule has 11 heteroatoms. The smallest absolute Gasteiger partial charge is 0.410 e. The number of alkyl carbamates (subject to hydrolysis) is 1. The van der Waals surface area contributed by atoms with Crippen molar-refractivity contribution in [3.63, 3.8) is 0 Å². The maximum Gasteiger partial charge on any atom is 0.410 e. The van der Waals surface area contributed by atoms with Crippen molar-refractivity contribution in [3.05, 3.63) is 89.5 Å². The van der Waals surface area contributed by atoms with Gasteiger partial charge in [0.15, 0.2) is 0 Å². The van der Waals surface area contributed by atoms with E-state index in [-0.39, 0.29) is 38.6 Å². The van der Waals surface area contributed by atoms with Crippen LogP contribution in [-0.2, 0) is 30.2 Å². The molecule has 48 heavy (non-hydrogen) atoms. The fraction of sp³-hybridized carbons (Fsp3) is 0.405. The number of fused-ring (bicyclic) bond motifs is 3. The van der Waals surface area contributed by atoms with Crippen LogP contribution in [0.4, 0.5) is 9.59 Å². The Hall–Kier alpha value is -5.06. The molecule has 0 saturated heterocycles. The molecule has 0 saturated carbocycles. The van der Waals surface area contributed by atoms with Gasteiger partial charge in [-0.25, -0.2) is 14.4 Å². The van der Waals surface area contributed by atoms with Gasteiger partial charge in [0.25, 0.3) is 0 Å². The van der Waals surface area contributed by atoms with E-state index in [1.807, 2.05) is 48.5 Å². The molecule has 1 atom stereocenters. The molecule has 11 nitrogen and oxygen atoms in total. The van der Waals surface area contributed by atoms with Crippen LogP contribution in [0.1, 0.15) is 64.2 Å². The maximum absolute atomic E-state index is 12.7. The lowest BCUT2D eigenvalue weighted by Gasteiger charge is -2.28. The number of nitrogens with one attached hydrogen (secondary N) is 1. The van der Waals surface area contributed by atoms with Crippen molar-refractivity contribution in [2.75, 3.05) is 26.3 Å². The van der Waals surface area contributed by atoms with Crippen LogP contribution in [0.15, 0.2) is 72.8 Å². The lowest BCUT2D eigenvalue weighted by atomic mass is 9.98. The first-order chi connectivity index (χ1) is 22.6. The third-order valence-electron chi connectivity index (χ3n) is 7.32. The van der Waals surface area contributed by atoms with Gasteiger partial charge in [0.1, 0.15) is 42.8 Å². The van der Waals surface area contributed by atoms with Crippen molar-refractivity contribution in [2.24, 2.45) is 0 Å². The topological polar surface area (TPSA) is 141 Å². The fourth-order valence-electron chi connectivity index (χ4n) is 5.30. The van der Waals surface area contributed by atoms with Gasteiger partial charge >= 0.3 is 24.1 Å². The van der Waals surface area contributed by atoms with Gasteiger partial charge in [0.2, 0.25) is 0 Å². The van der Waals surface area contributed by atoms with E-state index in [0.29, 0.717) is 11.3 Å². The number of carboxylic acids is 1. The van der Waals surface area contributed by atoms with Crippen LogP contribution in [0, 0.1) is 0 Å². The van der Waals surface area contributed by atoms with Crippen molar-refractivity contribution in [2.45, 2.75) is 71.1 Å². The normalized spacial score (nSPS) is 13.0. The van der Waals surface area contributed by atoms with E-state index in [9.17, 15) is 24.3 Å². The summed E-state index contributed by atoms with van der Waals surface area (Å²) in [7, 11) is 0. The summed E-state index contributed by atoms with van der Waals surface area (Å²) in [6.45, 7) is 10.3. The molecular formula is C37H44N2O9. The quantitative estimate of drug-likeness (QED) is 0.172. The van der Waals surface area contributed by atoms with E-state index in [0.717, 1.165) is 22.3 Å². The summed E-state index contributed by atoms with van der Waals surface area (Å²) in [6.07, 6.45) is -1.47. The molecule has 0 spiro atoms. The first-order valence-electron chi connectivity index (χ1n) is 15.9. The average molecular weight is 661 g/mol. The molecule has 2 amide bonds. The number of benzene rings is 3. The molecule has 0 bridgehead atoms. The molecular weight excluding hydrogens is 616 g/mol. The van der Waals surface area contributed by atoms with Crippen LogP contribution in [-0.4, -0.2) is 77.7 Å². The number of carbonyl (C=O) groups is 4. The number of esters is 1. The van der Waals surface area contributed by atoms with Crippen LogP contribution in [0.5, 0.6) is 5.75 Å². The molecule has 0 aliphatic heterocycles. The molecule has 1 aliphatic rings. The predicted octanol–water partition coefficient (Wildman–Crippen LogP) is 6.18. The molecule has 1 aliphatic carbocycles. The first-order valence-corrected chi connectivity index (χ1v) is 15.9. The zero-order valence-corrected chi connectivity index (χ0v) is 28.3. The third kappa shape index (κ3) is 10.2. The second kappa shape index (κ2) is 15.2. The Morgan fingerprint density at radius 2 is 1.38 bits per heavy atom. The van der Waals surface area contributed by atoms with Gasteiger partial charge in [0, 0.05) is 12.3 Å². The highest BCUT2D eigenvalue weighted by Crippen LogP contribution is 2.44. The summed E-state index contributed by atoms with van der Waals surface area (Å²) in [5.41, 5.74) is 3.49. The van der Waals surface area contributed by atoms with Gasteiger partial charge in [0.05, 0.1) is 6.54 Å². The summed E-state index contributed by atoms with van der Waals surface area (Å²) in [5.74, 6) is -1.45. The molecule has 0 radical (unpaired) electrons. The minimum absolute atomic E-state index is 0.0160. The summed E-state index contributed by atoms with van der Waals surface area (Å²) in [4.78, 5) is 51.1. The van der Waals surface area contributed by atoms with E-state index >= 15 is 0 Å². The van der Waals surface area contributed by atoms with Crippen molar-refractivity contribution >= 4 is 24.1 Å². The molecule has 4 rings (SSSR count). The summed E-state index contributed by atoms with van der Waals surface area (Å²) < 4.78 is 22.1. The Balaban J connectivity index is 1.29. The molecule has 3 aromatic carbocycles. The predicted molar refractivity (Wildman–Crippen MR) is 179 cm³/mol. The lowest BCUT2D eigenvalue weighted by Crippen LogP contribution is -2.43. The standard InChI is InChI=1S/C37H44N2O9/c1-36(2,3)47-32(40)22-39(35(44)48-37(4,5)6)19-20-45-25-17-15-24(16-18-25)21-31(33(41)42)38-34(43)46-23-30-28-13-9-7-11-26(28)27-12-8-10-14-29(27)30/h7-18,30-31H,19-23H2,1-6H3,(H,38,43)(H,41,42). The molecule has 0 fully saturated rings. The Labute approximate surface area is 281 Å². The van der Waals surface area contributed by atoms with Crippen molar-refractivity contribution < 1.29 is 43.2 Å². The van der Waals surface area contributed by atoms with E-state index in [1.165, 1.54) is 4.90 Å². The minimum atomic E-state index is -1.22.